The summed E-state index contributed by atoms with van der Waals surface area (Å²) in [5, 5.41) is 8.90. The van der Waals surface area contributed by atoms with Crippen LogP contribution in [0.2, 0.25) is 0 Å². The van der Waals surface area contributed by atoms with Crippen LogP contribution in [0.25, 0.3) is 0 Å². The van der Waals surface area contributed by atoms with Crippen molar-refractivity contribution < 1.29 is 13.2 Å². The molecule has 0 atom stereocenters. The number of benzene rings is 1. The molecule has 0 radical (unpaired) electrons. The standard InChI is InChI=1S/C12H9F3N2/c13-12(14,15)10-3-4-11(9(7-10)8-16)17-5-1-2-6-17/h1-4,7H,5-6H2. The van der Waals surface area contributed by atoms with Gasteiger partial charge in [-0.05, 0) is 18.2 Å². The predicted molar refractivity (Wildman–Crippen MR) is 57.5 cm³/mol. The van der Waals surface area contributed by atoms with E-state index in [2.05, 4.69) is 0 Å². The lowest BCUT2D eigenvalue weighted by molar-refractivity contribution is -0.137. The van der Waals surface area contributed by atoms with Crippen molar-refractivity contribution in [2.75, 3.05) is 18.0 Å². The van der Waals surface area contributed by atoms with E-state index < -0.39 is 11.7 Å². The molecule has 0 aromatic heterocycles. The van der Waals surface area contributed by atoms with Crippen molar-refractivity contribution in [1.29, 1.82) is 5.26 Å². The van der Waals surface area contributed by atoms with Gasteiger partial charge in [0.05, 0.1) is 16.8 Å². The molecule has 2 nitrogen and oxygen atoms in total. The van der Waals surface area contributed by atoms with Crippen LogP contribution in [0.4, 0.5) is 18.9 Å². The molecule has 0 unspecified atom stereocenters. The zero-order valence-corrected chi connectivity index (χ0v) is 8.83. The van der Waals surface area contributed by atoms with Crippen molar-refractivity contribution in [3.05, 3.63) is 41.5 Å². The Balaban J connectivity index is 2.39. The Hall–Kier alpha value is -1.96. The molecule has 0 spiro atoms. The largest absolute Gasteiger partial charge is 0.416 e. The minimum absolute atomic E-state index is 0.0588. The molecule has 0 N–H and O–H groups in total. The Morgan fingerprint density at radius 3 is 2.35 bits per heavy atom. The molecule has 0 bridgehead atoms. The molecular formula is C12H9F3N2. The molecule has 1 heterocycles. The molecule has 88 valence electrons. The van der Waals surface area contributed by atoms with Crippen LogP contribution in [-0.2, 0) is 6.18 Å². The van der Waals surface area contributed by atoms with E-state index >= 15 is 0 Å². The summed E-state index contributed by atoms with van der Waals surface area (Å²) in [7, 11) is 0. The van der Waals surface area contributed by atoms with Gasteiger partial charge in [-0.3, -0.25) is 0 Å². The van der Waals surface area contributed by atoms with E-state index in [1.165, 1.54) is 6.07 Å². The topological polar surface area (TPSA) is 27.0 Å². The second-order valence-corrected chi connectivity index (χ2v) is 3.72. The van der Waals surface area contributed by atoms with Gasteiger partial charge in [-0.15, -0.1) is 0 Å². The van der Waals surface area contributed by atoms with Crippen LogP contribution in [0, 0.1) is 11.3 Å². The number of nitriles is 1. The summed E-state index contributed by atoms with van der Waals surface area (Å²) in [6, 6.07) is 5.08. The fourth-order valence-corrected chi connectivity index (χ4v) is 1.75. The van der Waals surface area contributed by atoms with E-state index in [4.69, 9.17) is 5.26 Å². The summed E-state index contributed by atoms with van der Waals surface area (Å²) in [6.07, 6.45) is -0.578. The van der Waals surface area contributed by atoms with E-state index in [9.17, 15) is 13.2 Å². The van der Waals surface area contributed by atoms with Gasteiger partial charge in [0.2, 0.25) is 0 Å². The van der Waals surface area contributed by atoms with Gasteiger partial charge in [-0.25, -0.2) is 0 Å². The lowest BCUT2D eigenvalue weighted by Crippen LogP contribution is -2.20. The van der Waals surface area contributed by atoms with E-state index in [-0.39, 0.29) is 5.56 Å². The number of alkyl halides is 3. The molecule has 0 fully saturated rings. The van der Waals surface area contributed by atoms with Crippen molar-refractivity contribution in [3.63, 3.8) is 0 Å². The lowest BCUT2D eigenvalue weighted by Gasteiger charge is -2.20. The molecule has 0 saturated carbocycles. The van der Waals surface area contributed by atoms with Gasteiger partial charge in [0.15, 0.2) is 0 Å². The molecule has 1 aliphatic heterocycles. The average Bonchev–Trinajstić information content (AvgIpc) is 2.80. The van der Waals surface area contributed by atoms with Gasteiger partial charge in [-0.1, -0.05) is 12.2 Å². The fourth-order valence-electron chi connectivity index (χ4n) is 1.75. The quantitative estimate of drug-likeness (QED) is 0.703. The van der Waals surface area contributed by atoms with Crippen molar-refractivity contribution in [2.45, 2.75) is 6.18 Å². The number of rotatable bonds is 1. The minimum atomic E-state index is -4.41. The van der Waals surface area contributed by atoms with Crippen molar-refractivity contribution in [2.24, 2.45) is 0 Å². The van der Waals surface area contributed by atoms with Gasteiger partial charge >= 0.3 is 6.18 Å². The normalized spacial score (nSPS) is 15.1. The molecule has 2 rings (SSSR count). The highest BCUT2D eigenvalue weighted by Crippen LogP contribution is 2.33. The first-order valence-corrected chi connectivity index (χ1v) is 5.03. The number of nitrogens with zero attached hydrogens (tertiary/aromatic N) is 2. The second-order valence-electron chi connectivity index (χ2n) is 3.72. The van der Waals surface area contributed by atoms with Crippen LogP contribution in [0.5, 0.6) is 0 Å². The van der Waals surface area contributed by atoms with E-state index in [1.807, 2.05) is 23.1 Å². The molecule has 1 aromatic carbocycles. The molecule has 1 aliphatic rings. The lowest BCUT2D eigenvalue weighted by atomic mass is 10.1. The fraction of sp³-hybridized carbons (Fsp3) is 0.250. The van der Waals surface area contributed by atoms with Crippen LogP contribution in [-0.4, -0.2) is 13.1 Å². The summed E-state index contributed by atoms with van der Waals surface area (Å²) >= 11 is 0. The summed E-state index contributed by atoms with van der Waals surface area (Å²) in [6.45, 7) is 1.25. The minimum Gasteiger partial charge on any atom is -0.363 e. The van der Waals surface area contributed by atoms with Crippen molar-refractivity contribution >= 4 is 5.69 Å². The molecule has 1 aromatic rings. The molecule has 0 amide bonds. The Bertz CT molecular complexity index is 489. The number of hydrogen-bond acceptors (Lipinski definition) is 2. The third kappa shape index (κ3) is 2.26. The van der Waals surface area contributed by atoms with Crippen molar-refractivity contribution in [3.8, 4) is 6.07 Å². The van der Waals surface area contributed by atoms with Crippen LogP contribution in [0.1, 0.15) is 11.1 Å². The second kappa shape index (κ2) is 4.13. The molecule has 5 heteroatoms. The monoisotopic (exact) mass is 238 g/mol. The van der Waals surface area contributed by atoms with Crippen LogP contribution in [0.15, 0.2) is 30.4 Å². The van der Waals surface area contributed by atoms with Crippen molar-refractivity contribution in [1.82, 2.24) is 0 Å². The smallest absolute Gasteiger partial charge is 0.363 e. The zero-order valence-electron chi connectivity index (χ0n) is 8.83. The Labute approximate surface area is 96.6 Å². The number of halogens is 3. The maximum Gasteiger partial charge on any atom is 0.416 e. The third-order valence-corrected chi connectivity index (χ3v) is 2.60. The highest BCUT2D eigenvalue weighted by atomic mass is 19.4. The Kier molecular flexibility index (Phi) is 2.80. The Morgan fingerprint density at radius 1 is 1.18 bits per heavy atom. The molecule has 17 heavy (non-hydrogen) atoms. The summed E-state index contributed by atoms with van der Waals surface area (Å²) in [5.74, 6) is 0. The zero-order chi connectivity index (χ0) is 12.5. The van der Waals surface area contributed by atoms with Gasteiger partial charge < -0.3 is 4.90 Å². The Morgan fingerprint density at radius 2 is 1.82 bits per heavy atom. The summed E-state index contributed by atoms with van der Waals surface area (Å²) < 4.78 is 37.4. The van der Waals surface area contributed by atoms with Crippen LogP contribution < -0.4 is 4.90 Å². The molecular weight excluding hydrogens is 229 g/mol. The summed E-state index contributed by atoms with van der Waals surface area (Å²) in [5.41, 5.74) is -0.181. The predicted octanol–water partition coefficient (Wildman–Crippen LogP) is 2.95. The van der Waals surface area contributed by atoms with Gasteiger partial charge in [-0.2, -0.15) is 18.4 Å². The summed E-state index contributed by atoms with van der Waals surface area (Å²) in [4.78, 5) is 1.85. The van der Waals surface area contributed by atoms with Crippen LogP contribution in [0.3, 0.4) is 0 Å². The first kappa shape index (κ1) is 11.5. The number of anilines is 1. The third-order valence-electron chi connectivity index (χ3n) is 2.60. The first-order chi connectivity index (χ1) is 8.02. The highest BCUT2D eigenvalue weighted by Gasteiger charge is 2.31. The molecule has 0 saturated heterocycles. The SMILES string of the molecule is N#Cc1cc(C(F)(F)F)ccc1N1CC=CC1. The average molecular weight is 238 g/mol. The van der Waals surface area contributed by atoms with Crippen LogP contribution >= 0.6 is 0 Å². The first-order valence-electron chi connectivity index (χ1n) is 5.03. The van der Waals surface area contributed by atoms with E-state index in [0.717, 1.165) is 12.1 Å². The number of hydrogen-bond donors (Lipinski definition) is 0. The van der Waals surface area contributed by atoms with Gasteiger partial charge in [0.1, 0.15) is 6.07 Å². The highest BCUT2D eigenvalue weighted by molar-refractivity contribution is 5.62. The maximum absolute atomic E-state index is 12.5. The van der Waals surface area contributed by atoms with Gasteiger partial charge in [0, 0.05) is 13.1 Å². The van der Waals surface area contributed by atoms with Gasteiger partial charge in [0.25, 0.3) is 0 Å². The molecule has 0 aliphatic carbocycles. The maximum atomic E-state index is 12.5. The van der Waals surface area contributed by atoms with E-state index in [0.29, 0.717) is 18.8 Å². The van der Waals surface area contributed by atoms with E-state index in [1.54, 1.807) is 0 Å².